The summed E-state index contributed by atoms with van der Waals surface area (Å²) in [5, 5.41) is 5.21. The monoisotopic (exact) mass is 530 g/mol. The molecule has 0 fully saturated rings. The van der Waals surface area contributed by atoms with Gasteiger partial charge in [0.1, 0.15) is 12.2 Å². The topological polar surface area (TPSA) is 138 Å². The Morgan fingerprint density at radius 3 is 2.28 bits per heavy atom. The Bertz CT molecular complexity index is 874. The number of hydrogen-bond acceptors (Lipinski definition) is 9. The van der Waals surface area contributed by atoms with Gasteiger partial charge in [-0.2, -0.15) is 0 Å². The van der Waals surface area contributed by atoms with Gasteiger partial charge in [0.2, 0.25) is 0 Å². The van der Waals surface area contributed by atoms with Gasteiger partial charge in [-0.1, -0.05) is 37.3 Å². The Kier molecular flexibility index (Phi) is 13.5. The summed E-state index contributed by atoms with van der Waals surface area (Å²) in [6.07, 6.45) is -1.92. The van der Waals surface area contributed by atoms with Gasteiger partial charge in [-0.05, 0) is 45.1 Å². The minimum absolute atomic E-state index is 0.0495. The molecule has 0 aromatic heterocycles. The van der Waals surface area contributed by atoms with Crippen LogP contribution in [0.25, 0.3) is 0 Å². The lowest BCUT2D eigenvalue weighted by atomic mass is 10.2. The van der Waals surface area contributed by atoms with E-state index in [4.69, 9.17) is 23.3 Å². The van der Waals surface area contributed by atoms with E-state index >= 15 is 0 Å². The Labute approximate surface area is 213 Å². The Morgan fingerprint density at radius 1 is 1.03 bits per heavy atom. The van der Waals surface area contributed by atoms with Crippen LogP contribution in [-0.4, -0.2) is 63.3 Å². The molecule has 0 spiro atoms. The maximum Gasteiger partial charge on any atom is 0.407 e. The largest absolute Gasteiger partial charge is 0.467 e. The first-order valence-corrected chi connectivity index (χ1v) is 13.4. The maximum atomic E-state index is 13.2. The summed E-state index contributed by atoms with van der Waals surface area (Å²) in [5.41, 5.74) is 0.227. The molecule has 0 bridgehead atoms. The summed E-state index contributed by atoms with van der Waals surface area (Å²) < 4.78 is 39.0. The number of carbonyl (C=O) groups excluding carboxylic acids is 3. The SMILES string of the molecule is COC(=O)C(CCCNC(=O)OC(C)(C)C)OP(=O)(CC(C)CNC(=O)OCc1ccccc1)OC. The Morgan fingerprint density at radius 2 is 1.69 bits per heavy atom. The van der Waals surface area contributed by atoms with Crippen molar-refractivity contribution in [3.8, 4) is 0 Å². The highest BCUT2D eigenvalue weighted by atomic mass is 31.2. The van der Waals surface area contributed by atoms with Crippen molar-refractivity contribution in [2.45, 2.75) is 58.8 Å². The van der Waals surface area contributed by atoms with E-state index in [1.165, 1.54) is 14.2 Å². The van der Waals surface area contributed by atoms with Crippen LogP contribution in [0.1, 0.15) is 46.1 Å². The number of esters is 1. The molecule has 0 saturated heterocycles. The lowest BCUT2D eigenvalue weighted by Crippen LogP contribution is -2.34. The summed E-state index contributed by atoms with van der Waals surface area (Å²) >= 11 is 0. The van der Waals surface area contributed by atoms with E-state index in [1.54, 1.807) is 27.7 Å². The van der Waals surface area contributed by atoms with Crippen LogP contribution < -0.4 is 10.6 Å². The number of hydrogen-bond donors (Lipinski definition) is 2. The van der Waals surface area contributed by atoms with Crippen LogP contribution in [-0.2, 0) is 39.2 Å². The van der Waals surface area contributed by atoms with Crippen molar-refractivity contribution in [2.75, 3.05) is 33.5 Å². The Balaban J connectivity index is 2.53. The minimum atomic E-state index is -3.70. The highest BCUT2D eigenvalue weighted by Crippen LogP contribution is 2.50. The number of amides is 2. The van der Waals surface area contributed by atoms with E-state index in [0.717, 1.165) is 5.56 Å². The van der Waals surface area contributed by atoms with Gasteiger partial charge in [0, 0.05) is 20.2 Å². The second-order valence-electron chi connectivity index (χ2n) is 9.21. The first-order chi connectivity index (χ1) is 16.9. The van der Waals surface area contributed by atoms with Gasteiger partial charge in [0.25, 0.3) is 0 Å². The molecular weight excluding hydrogens is 491 g/mol. The molecule has 3 atom stereocenters. The van der Waals surface area contributed by atoms with Crippen LogP contribution in [0.3, 0.4) is 0 Å². The fourth-order valence-corrected chi connectivity index (χ4v) is 4.76. The van der Waals surface area contributed by atoms with Crippen LogP contribution in [0.5, 0.6) is 0 Å². The number of alkyl carbamates (subject to hydrolysis) is 2. The smallest absolute Gasteiger partial charge is 0.407 e. The van der Waals surface area contributed by atoms with E-state index < -0.39 is 37.5 Å². The summed E-state index contributed by atoms with van der Waals surface area (Å²) in [6, 6.07) is 9.24. The molecule has 204 valence electrons. The molecule has 0 heterocycles. The molecule has 1 aromatic rings. The van der Waals surface area contributed by atoms with Crippen LogP contribution >= 0.6 is 7.60 Å². The third-order valence-electron chi connectivity index (χ3n) is 4.68. The molecule has 2 N–H and O–H groups in total. The molecule has 1 aromatic carbocycles. The van der Waals surface area contributed by atoms with Crippen LogP contribution in [0.2, 0.25) is 0 Å². The molecule has 36 heavy (non-hydrogen) atoms. The van der Waals surface area contributed by atoms with Crippen LogP contribution in [0, 0.1) is 5.92 Å². The van der Waals surface area contributed by atoms with Crippen LogP contribution in [0.15, 0.2) is 30.3 Å². The van der Waals surface area contributed by atoms with Gasteiger partial charge in [-0.3, -0.25) is 9.09 Å². The average molecular weight is 531 g/mol. The van der Waals surface area contributed by atoms with Gasteiger partial charge in [0.15, 0.2) is 6.10 Å². The van der Waals surface area contributed by atoms with E-state index in [-0.39, 0.29) is 38.2 Å². The normalized spacial score (nSPS) is 14.6. The van der Waals surface area contributed by atoms with Crippen molar-refractivity contribution >= 4 is 25.8 Å². The second kappa shape index (κ2) is 15.5. The number of rotatable bonds is 14. The number of ether oxygens (including phenoxy) is 3. The van der Waals surface area contributed by atoms with Crippen LogP contribution in [0.4, 0.5) is 9.59 Å². The highest BCUT2D eigenvalue weighted by Gasteiger charge is 2.33. The first-order valence-electron chi connectivity index (χ1n) is 11.7. The van der Waals surface area contributed by atoms with Gasteiger partial charge >= 0.3 is 25.8 Å². The van der Waals surface area contributed by atoms with Crippen molar-refractivity contribution in [1.29, 1.82) is 0 Å². The fraction of sp³-hybridized carbons (Fsp3) is 0.625. The maximum absolute atomic E-state index is 13.2. The van der Waals surface area contributed by atoms with E-state index in [1.807, 2.05) is 30.3 Å². The molecular formula is C24H39N2O9P. The lowest BCUT2D eigenvalue weighted by molar-refractivity contribution is -0.149. The molecule has 0 saturated carbocycles. The van der Waals surface area contributed by atoms with Crippen molar-refractivity contribution < 1.29 is 42.2 Å². The number of carbonyl (C=O) groups is 3. The summed E-state index contributed by atoms with van der Waals surface area (Å²) in [4.78, 5) is 35.9. The highest BCUT2D eigenvalue weighted by molar-refractivity contribution is 7.53. The summed E-state index contributed by atoms with van der Waals surface area (Å²) in [7, 11) is -1.28. The molecule has 0 aliphatic rings. The third-order valence-corrected chi connectivity index (χ3v) is 6.89. The molecule has 11 nitrogen and oxygen atoms in total. The predicted molar refractivity (Wildman–Crippen MR) is 134 cm³/mol. The molecule has 0 aliphatic carbocycles. The van der Waals surface area contributed by atoms with Crippen molar-refractivity contribution in [1.82, 2.24) is 10.6 Å². The zero-order valence-corrected chi connectivity index (χ0v) is 22.8. The molecule has 12 heteroatoms. The van der Waals surface area contributed by atoms with Gasteiger partial charge in [-0.25, -0.2) is 14.4 Å². The summed E-state index contributed by atoms with van der Waals surface area (Å²) in [6.45, 7) is 7.51. The van der Waals surface area contributed by atoms with Gasteiger partial charge < -0.3 is 29.4 Å². The fourth-order valence-electron chi connectivity index (χ4n) is 2.97. The predicted octanol–water partition coefficient (Wildman–Crippen LogP) is 4.25. The molecule has 3 unspecified atom stereocenters. The zero-order valence-electron chi connectivity index (χ0n) is 21.9. The van der Waals surface area contributed by atoms with Crippen molar-refractivity contribution in [3.63, 3.8) is 0 Å². The van der Waals surface area contributed by atoms with Gasteiger partial charge in [-0.15, -0.1) is 0 Å². The first kappa shape index (κ1) is 31.4. The zero-order chi connectivity index (χ0) is 27.2. The molecule has 0 aliphatic heterocycles. The minimum Gasteiger partial charge on any atom is -0.467 e. The molecule has 2 amide bonds. The second-order valence-corrected chi connectivity index (χ2v) is 11.4. The lowest BCUT2D eigenvalue weighted by Gasteiger charge is -2.24. The number of benzene rings is 1. The van der Waals surface area contributed by atoms with Crippen molar-refractivity contribution in [2.24, 2.45) is 5.92 Å². The quantitative estimate of drug-likeness (QED) is 0.156. The van der Waals surface area contributed by atoms with Crippen molar-refractivity contribution in [3.05, 3.63) is 35.9 Å². The standard InChI is InChI=1S/C24H39N2O9P/c1-18(15-26-22(28)33-16-19-11-8-7-9-12-19)17-36(30,32-6)35-20(21(27)31-5)13-10-14-25-23(29)34-24(2,3)4/h7-9,11-12,18,20H,10,13-17H2,1-6H3,(H,25,29)(H,26,28). The number of nitrogens with one attached hydrogen (secondary N) is 2. The van der Waals surface area contributed by atoms with Gasteiger partial charge in [0.05, 0.1) is 13.3 Å². The molecule has 1 rings (SSSR count). The van der Waals surface area contributed by atoms with E-state index in [9.17, 15) is 18.9 Å². The van der Waals surface area contributed by atoms with E-state index in [2.05, 4.69) is 10.6 Å². The Hall–Kier alpha value is -2.62. The molecule has 0 radical (unpaired) electrons. The number of methoxy groups -OCH3 is 1. The average Bonchev–Trinajstić information content (AvgIpc) is 2.82. The third kappa shape index (κ3) is 13.5. The van der Waals surface area contributed by atoms with E-state index in [0.29, 0.717) is 6.42 Å². The summed E-state index contributed by atoms with van der Waals surface area (Å²) in [5.74, 6) is -1.02.